The van der Waals surface area contributed by atoms with Gasteiger partial charge >= 0.3 is 0 Å². The Bertz CT molecular complexity index is 1320. The number of nitrogens with zero attached hydrogens (tertiary/aromatic N) is 2. The molecule has 0 aliphatic rings. The van der Waals surface area contributed by atoms with Gasteiger partial charge in [0, 0.05) is 42.2 Å². The molecule has 0 fully saturated rings. The summed E-state index contributed by atoms with van der Waals surface area (Å²) in [5.41, 5.74) is 10.9. The number of hydrogen-bond donors (Lipinski definition) is 4. The van der Waals surface area contributed by atoms with Crippen molar-refractivity contribution in [2.75, 3.05) is 58.5 Å². The van der Waals surface area contributed by atoms with E-state index < -0.39 is 5.91 Å². The first-order valence-corrected chi connectivity index (χ1v) is 13.2. The number of terminal acetylenes is 1. The van der Waals surface area contributed by atoms with Crippen molar-refractivity contribution in [1.82, 2.24) is 20.6 Å². The molecule has 0 aliphatic heterocycles. The first kappa shape index (κ1) is 31.0. The van der Waals surface area contributed by atoms with Crippen LogP contribution in [-0.4, -0.2) is 79.6 Å². The van der Waals surface area contributed by atoms with Gasteiger partial charge in [0.2, 0.25) is 0 Å². The molecule has 2 aromatic heterocycles. The predicted octanol–water partition coefficient (Wildman–Crippen LogP) is 2.19. The minimum absolute atomic E-state index is 0.175. The van der Waals surface area contributed by atoms with Crippen LogP contribution in [0.25, 0.3) is 22.3 Å². The van der Waals surface area contributed by atoms with Crippen molar-refractivity contribution in [3.63, 3.8) is 0 Å². The maximum atomic E-state index is 12.5. The number of aromatic hydroxyl groups is 1. The minimum atomic E-state index is -0.466. The lowest BCUT2D eigenvalue weighted by atomic mass is 9.92. The molecule has 0 saturated carbocycles. The number of phenols is 1. The van der Waals surface area contributed by atoms with Crippen molar-refractivity contribution in [3.8, 4) is 40.3 Å². The van der Waals surface area contributed by atoms with Gasteiger partial charge in [0.15, 0.2) is 0 Å². The summed E-state index contributed by atoms with van der Waals surface area (Å²) in [6.07, 6.45) is 9.00. The molecule has 0 bridgehead atoms. The third-order valence-corrected chi connectivity index (χ3v) is 5.97. The summed E-state index contributed by atoms with van der Waals surface area (Å²) in [4.78, 5) is 32.1. The van der Waals surface area contributed by atoms with E-state index in [2.05, 4.69) is 20.6 Å². The van der Waals surface area contributed by atoms with Crippen LogP contribution in [0.3, 0.4) is 0 Å². The van der Waals surface area contributed by atoms with E-state index in [-0.39, 0.29) is 17.4 Å². The smallest absolute Gasteiger partial charge is 0.295 e. The lowest BCUT2D eigenvalue weighted by Crippen LogP contribution is -2.28. The quantitative estimate of drug-likeness (QED) is 0.152. The van der Waals surface area contributed by atoms with Crippen LogP contribution in [0.15, 0.2) is 48.8 Å². The second kappa shape index (κ2) is 16.6. The van der Waals surface area contributed by atoms with Gasteiger partial charge in [-0.3, -0.25) is 14.6 Å². The summed E-state index contributed by atoms with van der Waals surface area (Å²) in [7, 11) is 0. The number of anilines is 1. The molecule has 1 aromatic carbocycles. The summed E-state index contributed by atoms with van der Waals surface area (Å²) < 4.78 is 16.2. The normalized spacial score (nSPS) is 10.6. The molecule has 0 spiro atoms. The molecule has 2 heterocycles. The van der Waals surface area contributed by atoms with Crippen LogP contribution in [0.2, 0.25) is 0 Å². The Morgan fingerprint density at radius 2 is 1.49 bits per heavy atom. The highest BCUT2D eigenvalue weighted by Gasteiger charge is 2.16. The van der Waals surface area contributed by atoms with Crippen LogP contribution >= 0.6 is 0 Å². The van der Waals surface area contributed by atoms with E-state index in [4.69, 9.17) is 26.4 Å². The standard InChI is InChI=1S/C30H35N5O6/c1-3-24-25(20-35-29(31)28(24)21-5-8-23(36)9-6-21)22-7-10-26(34-19-22)30(38)33-12-14-40-16-18-41-17-15-39-13-11-32-27(37)4-2/h2,5-10,19-20,36H,3,11-18H2,1H3,(H2,31,35)(H,32,37)(H,33,38). The van der Waals surface area contributed by atoms with Gasteiger partial charge in [-0.25, -0.2) is 4.98 Å². The number of nitrogens with one attached hydrogen (secondary N) is 2. The van der Waals surface area contributed by atoms with E-state index >= 15 is 0 Å². The molecule has 0 aliphatic carbocycles. The zero-order valence-corrected chi connectivity index (χ0v) is 23.0. The minimum Gasteiger partial charge on any atom is -0.508 e. The summed E-state index contributed by atoms with van der Waals surface area (Å²) in [5.74, 6) is 1.77. The number of phenolic OH excluding ortho intramolecular Hbond substituents is 1. The van der Waals surface area contributed by atoms with Gasteiger partial charge in [-0.2, -0.15) is 0 Å². The molecule has 41 heavy (non-hydrogen) atoms. The zero-order chi connectivity index (χ0) is 29.5. The largest absolute Gasteiger partial charge is 0.508 e. The highest BCUT2D eigenvalue weighted by atomic mass is 16.5. The molecule has 11 nitrogen and oxygen atoms in total. The third kappa shape index (κ3) is 9.58. The van der Waals surface area contributed by atoms with E-state index in [0.29, 0.717) is 65.0 Å². The molecule has 0 radical (unpaired) electrons. The fraction of sp³-hybridized carbons (Fsp3) is 0.333. The van der Waals surface area contributed by atoms with Crippen molar-refractivity contribution in [2.45, 2.75) is 13.3 Å². The maximum Gasteiger partial charge on any atom is 0.295 e. The van der Waals surface area contributed by atoms with E-state index in [1.165, 1.54) is 0 Å². The van der Waals surface area contributed by atoms with Crippen LogP contribution in [0.4, 0.5) is 5.82 Å². The first-order chi connectivity index (χ1) is 19.9. The highest BCUT2D eigenvalue weighted by Crippen LogP contribution is 2.36. The molecule has 2 amide bonds. The van der Waals surface area contributed by atoms with Crippen LogP contribution in [-0.2, 0) is 25.4 Å². The maximum absolute atomic E-state index is 12.5. The number of hydrogen-bond acceptors (Lipinski definition) is 9. The van der Waals surface area contributed by atoms with Gasteiger partial charge in [0.25, 0.3) is 11.8 Å². The third-order valence-electron chi connectivity index (χ3n) is 5.97. The number of ether oxygens (including phenoxy) is 3. The van der Waals surface area contributed by atoms with E-state index in [9.17, 15) is 14.7 Å². The second-order valence-corrected chi connectivity index (χ2v) is 8.74. The molecule has 11 heteroatoms. The van der Waals surface area contributed by atoms with Crippen LogP contribution in [0.5, 0.6) is 5.75 Å². The van der Waals surface area contributed by atoms with Gasteiger partial charge in [0.1, 0.15) is 17.3 Å². The van der Waals surface area contributed by atoms with E-state index in [0.717, 1.165) is 27.8 Å². The number of amides is 2. The molecule has 0 unspecified atom stereocenters. The molecule has 3 rings (SSSR count). The van der Waals surface area contributed by atoms with Crippen LogP contribution < -0.4 is 16.4 Å². The van der Waals surface area contributed by atoms with Gasteiger partial charge < -0.3 is 35.7 Å². The van der Waals surface area contributed by atoms with Crippen molar-refractivity contribution in [1.29, 1.82) is 0 Å². The number of benzene rings is 1. The second-order valence-electron chi connectivity index (χ2n) is 8.74. The van der Waals surface area contributed by atoms with Gasteiger partial charge in [-0.15, -0.1) is 6.42 Å². The average Bonchev–Trinajstić information content (AvgIpc) is 2.99. The summed E-state index contributed by atoms with van der Waals surface area (Å²) in [5, 5.41) is 14.9. The number of aromatic nitrogens is 2. The Morgan fingerprint density at radius 1 is 0.878 bits per heavy atom. The molecule has 216 valence electrons. The molecule has 0 atom stereocenters. The van der Waals surface area contributed by atoms with Gasteiger partial charge in [-0.1, -0.05) is 25.1 Å². The lowest BCUT2D eigenvalue weighted by Gasteiger charge is -2.16. The first-order valence-electron chi connectivity index (χ1n) is 13.2. The van der Waals surface area contributed by atoms with E-state index in [1.807, 2.05) is 18.9 Å². The fourth-order valence-corrected chi connectivity index (χ4v) is 3.98. The topological polar surface area (TPSA) is 158 Å². The van der Waals surface area contributed by atoms with Crippen molar-refractivity contribution in [3.05, 3.63) is 60.0 Å². The number of pyridine rings is 2. The van der Waals surface area contributed by atoms with Crippen molar-refractivity contribution in [2.24, 2.45) is 0 Å². The fourth-order valence-electron chi connectivity index (χ4n) is 3.98. The lowest BCUT2D eigenvalue weighted by molar-refractivity contribution is -0.115. The Hall–Kier alpha value is -4.50. The number of nitrogen functional groups attached to an aromatic ring is 1. The number of nitrogens with two attached hydrogens (primary N) is 1. The average molecular weight is 562 g/mol. The van der Waals surface area contributed by atoms with Gasteiger partial charge in [0.05, 0.1) is 39.6 Å². The highest BCUT2D eigenvalue weighted by molar-refractivity contribution is 5.93. The van der Waals surface area contributed by atoms with Crippen molar-refractivity contribution >= 4 is 17.6 Å². The molecule has 5 N–H and O–H groups in total. The van der Waals surface area contributed by atoms with E-state index in [1.54, 1.807) is 42.7 Å². The Morgan fingerprint density at radius 3 is 2.07 bits per heavy atom. The van der Waals surface area contributed by atoms with Gasteiger partial charge in [-0.05, 0) is 41.7 Å². The summed E-state index contributed by atoms with van der Waals surface area (Å²) >= 11 is 0. The molecule has 3 aromatic rings. The summed E-state index contributed by atoms with van der Waals surface area (Å²) in [6, 6.07) is 10.3. The Balaban J connectivity index is 1.40. The molecule has 0 saturated heterocycles. The summed E-state index contributed by atoms with van der Waals surface area (Å²) in [6.45, 7) is 4.95. The number of carbonyl (C=O) groups is 2. The Kier molecular flexibility index (Phi) is 12.5. The monoisotopic (exact) mass is 561 g/mol. The molecular weight excluding hydrogens is 526 g/mol. The SMILES string of the molecule is C#CC(=O)NCCOCCOCCOCCNC(=O)c1ccc(-c2cnc(N)c(-c3ccc(O)cc3)c2CC)cn1. The molecular formula is C30H35N5O6. The van der Waals surface area contributed by atoms with Crippen molar-refractivity contribution < 1.29 is 28.9 Å². The predicted molar refractivity (Wildman–Crippen MR) is 155 cm³/mol. The zero-order valence-electron chi connectivity index (χ0n) is 23.0. The van der Waals surface area contributed by atoms with Crippen LogP contribution in [0, 0.1) is 12.3 Å². The van der Waals surface area contributed by atoms with Crippen LogP contribution in [0.1, 0.15) is 23.0 Å². The Labute approximate surface area is 239 Å². The number of carbonyl (C=O) groups excluding carboxylic acids is 2. The number of rotatable bonds is 16.